The summed E-state index contributed by atoms with van der Waals surface area (Å²) in [5, 5.41) is 0. The van der Waals surface area contributed by atoms with Crippen LogP contribution < -0.4 is 0 Å². The van der Waals surface area contributed by atoms with E-state index >= 15 is 0 Å². The predicted molar refractivity (Wildman–Crippen MR) is 44.5 cm³/mol. The van der Waals surface area contributed by atoms with Gasteiger partial charge in [0.25, 0.3) is 0 Å². The minimum absolute atomic E-state index is 0.528. The molecule has 1 nitrogen and oxygen atoms in total. The second kappa shape index (κ2) is 1.30. The molecule has 5 unspecified atom stereocenters. The topological polar surface area (TPSA) is 17.1 Å². The van der Waals surface area contributed by atoms with Crippen LogP contribution in [-0.2, 0) is 4.79 Å². The Labute approximate surface area is 72.5 Å². The molecule has 0 aromatic heterocycles. The first kappa shape index (κ1) is 6.17. The zero-order chi connectivity index (χ0) is 8.14. The molecule has 4 fully saturated rings. The van der Waals surface area contributed by atoms with Gasteiger partial charge in [-0.2, -0.15) is 0 Å². The summed E-state index contributed by atoms with van der Waals surface area (Å²) in [4.78, 5) is 11.6. The van der Waals surface area contributed by atoms with Crippen LogP contribution in [0.5, 0.6) is 0 Å². The minimum Gasteiger partial charge on any atom is -0.299 e. The smallest absolute Gasteiger partial charge is 0.140 e. The molecule has 2 bridgehead atoms. The van der Waals surface area contributed by atoms with Gasteiger partial charge < -0.3 is 0 Å². The van der Waals surface area contributed by atoms with Crippen molar-refractivity contribution in [2.45, 2.75) is 32.6 Å². The summed E-state index contributed by atoms with van der Waals surface area (Å²) in [7, 11) is 0. The Hall–Kier alpha value is -0.330. The molecule has 4 rings (SSSR count). The number of hydrogen-bond donors (Lipinski definition) is 0. The Bertz CT molecular complexity index is 308. The highest BCUT2D eigenvalue weighted by Crippen LogP contribution is 2.82. The summed E-state index contributed by atoms with van der Waals surface area (Å²) in [6.45, 7) is 2.41. The van der Waals surface area contributed by atoms with Crippen LogP contribution in [0, 0.1) is 28.6 Å². The van der Waals surface area contributed by atoms with Crippen LogP contribution in [0.15, 0.2) is 0 Å². The van der Waals surface area contributed by atoms with Crippen molar-refractivity contribution in [2.75, 3.05) is 0 Å². The van der Waals surface area contributed by atoms with Gasteiger partial charge in [0.1, 0.15) is 5.78 Å². The van der Waals surface area contributed by atoms with Gasteiger partial charge in [0.2, 0.25) is 0 Å². The third kappa shape index (κ3) is 0.348. The first-order valence-corrected chi connectivity index (χ1v) is 5.19. The van der Waals surface area contributed by atoms with Gasteiger partial charge in [-0.15, -0.1) is 0 Å². The number of Topliss-reactive ketones (excluding diaryl/α,β-unsaturated/α-hetero) is 1. The third-order valence-corrected chi connectivity index (χ3v) is 5.43. The normalized spacial score (nSPS) is 70.4. The number of carbonyl (C=O) groups excluding carboxylic acids is 1. The second-order valence-corrected chi connectivity index (χ2v) is 5.95. The second-order valence-electron chi connectivity index (χ2n) is 5.95. The predicted octanol–water partition coefficient (Wildman–Crippen LogP) is 2.01. The van der Waals surface area contributed by atoms with E-state index in [4.69, 9.17) is 0 Å². The number of hydrogen-bond acceptors (Lipinski definition) is 1. The Balaban J connectivity index is 1.90. The van der Waals surface area contributed by atoms with Crippen molar-refractivity contribution in [3.05, 3.63) is 0 Å². The van der Waals surface area contributed by atoms with Crippen LogP contribution in [0.1, 0.15) is 32.6 Å². The van der Waals surface area contributed by atoms with Crippen molar-refractivity contribution >= 4 is 5.78 Å². The van der Waals surface area contributed by atoms with Crippen molar-refractivity contribution in [2.24, 2.45) is 28.6 Å². The molecule has 0 aromatic carbocycles. The van der Waals surface area contributed by atoms with E-state index in [1.807, 2.05) is 0 Å². The highest BCUT2D eigenvalue weighted by atomic mass is 16.1. The molecule has 1 heteroatoms. The average Bonchev–Trinajstić information content (AvgIpc) is 2.42. The molecule has 64 valence electrons. The zero-order valence-electron chi connectivity index (χ0n) is 7.47. The fourth-order valence-electron chi connectivity index (χ4n) is 5.18. The molecule has 0 saturated heterocycles. The number of carbonyl (C=O) groups is 1. The number of fused-ring (bicyclic) bond motifs is 1. The lowest BCUT2D eigenvalue weighted by Gasteiger charge is -2.64. The molecule has 0 N–H and O–H groups in total. The summed E-state index contributed by atoms with van der Waals surface area (Å²) in [5.74, 6) is 2.66. The van der Waals surface area contributed by atoms with Crippen LogP contribution in [0.3, 0.4) is 0 Å². The van der Waals surface area contributed by atoms with Crippen LogP contribution in [0.2, 0.25) is 0 Å². The van der Waals surface area contributed by atoms with Crippen molar-refractivity contribution in [1.29, 1.82) is 0 Å². The lowest BCUT2D eigenvalue weighted by atomic mass is 9.38. The van der Waals surface area contributed by atoms with E-state index < -0.39 is 0 Å². The quantitative estimate of drug-likeness (QED) is 0.532. The SMILES string of the molecule is CC12CC3CC4C(=O)C(C1)C34C2. The molecule has 4 aliphatic carbocycles. The van der Waals surface area contributed by atoms with E-state index in [-0.39, 0.29) is 0 Å². The Morgan fingerprint density at radius 1 is 1.33 bits per heavy atom. The summed E-state index contributed by atoms with van der Waals surface area (Å²) in [6, 6.07) is 0. The fraction of sp³-hybridized carbons (Fsp3) is 0.909. The van der Waals surface area contributed by atoms with Gasteiger partial charge in [-0.3, -0.25) is 4.79 Å². The lowest BCUT2D eigenvalue weighted by Crippen LogP contribution is -2.66. The van der Waals surface area contributed by atoms with Crippen LogP contribution in [0.4, 0.5) is 0 Å². The molecular formula is C11H14O. The third-order valence-electron chi connectivity index (χ3n) is 5.43. The maximum atomic E-state index is 11.6. The summed E-state index contributed by atoms with van der Waals surface area (Å²) < 4.78 is 0. The van der Waals surface area contributed by atoms with Gasteiger partial charge in [-0.25, -0.2) is 0 Å². The van der Waals surface area contributed by atoms with Crippen molar-refractivity contribution < 1.29 is 4.79 Å². The average molecular weight is 162 g/mol. The maximum Gasteiger partial charge on any atom is 0.140 e. The molecule has 0 heterocycles. The van der Waals surface area contributed by atoms with Gasteiger partial charge in [-0.1, -0.05) is 6.92 Å². The maximum absolute atomic E-state index is 11.6. The number of ketones is 1. The van der Waals surface area contributed by atoms with Crippen molar-refractivity contribution in [3.8, 4) is 0 Å². The molecule has 0 radical (unpaired) electrons. The van der Waals surface area contributed by atoms with Gasteiger partial charge in [0.15, 0.2) is 0 Å². The fourth-order valence-corrected chi connectivity index (χ4v) is 5.18. The molecule has 0 amide bonds. The van der Waals surface area contributed by atoms with Crippen LogP contribution in [0.25, 0.3) is 0 Å². The molecule has 12 heavy (non-hydrogen) atoms. The van der Waals surface area contributed by atoms with E-state index in [0.29, 0.717) is 28.4 Å². The Morgan fingerprint density at radius 2 is 2.17 bits per heavy atom. The first-order chi connectivity index (χ1) is 5.66. The molecular weight excluding hydrogens is 148 g/mol. The van der Waals surface area contributed by atoms with E-state index in [0.717, 1.165) is 5.92 Å². The highest BCUT2D eigenvalue weighted by Gasteiger charge is 2.80. The molecule has 0 aromatic rings. The van der Waals surface area contributed by atoms with Crippen molar-refractivity contribution in [3.63, 3.8) is 0 Å². The standard InChI is InChI=1S/C11H14O/c1-10-3-6-2-7-9(12)8(4-10)11(6,7)5-10/h6-8H,2-5H2,1H3. The highest BCUT2D eigenvalue weighted by molar-refractivity contribution is 5.94. The molecule has 4 saturated carbocycles. The molecule has 0 aliphatic heterocycles. The molecule has 1 spiro atoms. The van der Waals surface area contributed by atoms with E-state index in [1.165, 1.54) is 25.7 Å². The lowest BCUT2D eigenvalue weighted by molar-refractivity contribution is -0.189. The first-order valence-electron chi connectivity index (χ1n) is 5.19. The summed E-state index contributed by atoms with van der Waals surface area (Å²) >= 11 is 0. The summed E-state index contributed by atoms with van der Waals surface area (Å²) in [5.41, 5.74) is 1.17. The molecule has 5 atom stereocenters. The Kier molecular flexibility index (Phi) is 0.670. The van der Waals surface area contributed by atoms with Gasteiger partial charge in [0.05, 0.1) is 0 Å². The van der Waals surface area contributed by atoms with E-state index in [9.17, 15) is 4.79 Å². The van der Waals surface area contributed by atoms with E-state index in [2.05, 4.69) is 6.92 Å². The Morgan fingerprint density at radius 3 is 2.83 bits per heavy atom. The van der Waals surface area contributed by atoms with Gasteiger partial charge in [-0.05, 0) is 42.4 Å². The van der Waals surface area contributed by atoms with Gasteiger partial charge >= 0.3 is 0 Å². The van der Waals surface area contributed by atoms with Gasteiger partial charge in [0, 0.05) is 11.8 Å². The monoisotopic (exact) mass is 162 g/mol. The molecule has 4 aliphatic rings. The van der Waals surface area contributed by atoms with Crippen LogP contribution in [-0.4, -0.2) is 5.78 Å². The summed E-state index contributed by atoms with van der Waals surface area (Å²) in [6.07, 6.45) is 5.32. The van der Waals surface area contributed by atoms with Crippen LogP contribution >= 0.6 is 0 Å². The largest absolute Gasteiger partial charge is 0.299 e. The van der Waals surface area contributed by atoms with E-state index in [1.54, 1.807) is 0 Å². The van der Waals surface area contributed by atoms with Crippen molar-refractivity contribution in [1.82, 2.24) is 0 Å². The number of rotatable bonds is 0. The zero-order valence-corrected chi connectivity index (χ0v) is 7.47. The minimum atomic E-state index is 0.528.